The number of nitrogens with zero attached hydrogens (tertiary/aromatic N) is 1. The summed E-state index contributed by atoms with van der Waals surface area (Å²) in [6, 6.07) is 14.5. The maximum absolute atomic E-state index is 13.1. The van der Waals surface area contributed by atoms with Crippen LogP contribution in [0.3, 0.4) is 0 Å². The number of sulfonamides is 1. The summed E-state index contributed by atoms with van der Waals surface area (Å²) in [5.41, 5.74) is 2.03. The molecule has 0 saturated carbocycles. The van der Waals surface area contributed by atoms with Gasteiger partial charge in [0.05, 0.1) is 4.90 Å². The normalized spacial score (nSPS) is 15.9. The van der Waals surface area contributed by atoms with Crippen LogP contribution in [0.5, 0.6) is 0 Å². The highest BCUT2D eigenvalue weighted by Gasteiger charge is 2.27. The highest BCUT2D eigenvalue weighted by molar-refractivity contribution is 7.89. The van der Waals surface area contributed by atoms with Crippen LogP contribution in [0.1, 0.15) is 47.2 Å². The molecule has 1 N–H and O–H groups in total. The Kier molecular flexibility index (Phi) is 6.29. The Balaban J connectivity index is 1.80. The molecule has 0 unspecified atom stereocenters. The molecule has 144 valence electrons. The summed E-state index contributed by atoms with van der Waals surface area (Å²) in [5.74, 6) is -0.272. The number of hydrogen-bond acceptors (Lipinski definition) is 3. The molecule has 1 saturated heterocycles. The lowest BCUT2D eigenvalue weighted by molar-refractivity contribution is 0.0950. The van der Waals surface area contributed by atoms with E-state index in [-0.39, 0.29) is 10.8 Å². The van der Waals surface area contributed by atoms with Crippen molar-refractivity contribution < 1.29 is 13.2 Å². The predicted octanol–water partition coefficient (Wildman–Crippen LogP) is 3.49. The number of carbonyl (C=O) groups is 1. The predicted molar refractivity (Wildman–Crippen MR) is 106 cm³/mol. The smallest absolute Gasteiger partial charge is 0.251 e. The third-order valence-corrected chi connectivity index (χ3v) is 6.97. The number of hydrogen-bond donors (Lipinski definition) is 1. The molecule has 0 bridgehead atoms. The second-order valence-electron chi connectivity index (χ2n) is 6.97. The zero-order valence-corrected chi connectivity index (χ0v) is 16.5. The zero-order valence-electron chi connectivity index (χ0n) is 15.6. The first-order valence-corrected chi connectivity index (χ1v) is 10.9. The summed E-state index contributed by atoms with van der Waals surface area (Å²) in [6.45, 7) is 3.27. The van der Waals surface area contributed by atoms with Crippen molar-refractivity contribution >= 4 is 15.9 Å². The van der Waals surface area contributed by atoms with Crippen molar-refractivity contribution in [1.82, 2.24) is 9.62 Å². The van der Waals surface area contributed by atoms with Crippen LogP contribution in [0, 0.1) is 6.92 Å². The van der Waals surface area contributed by atoms with Crippen LogP contribution >= 0.6 is 0 Å². The second kappa shape index (κ2) is 8.67. The third kappa shape index (κ3) is 4.76. The average Bonchev–Trinajstić information content (AvgIpc) is 2.97. The zero-order chi connectivity index (χ0) is 19.3. The fraction of sp³-hybridized carbons (Fsp3) is 0.381. The van der Waals surface area contributed by atoms with E-state index in [4.69, 9.17) is 0 Å². The van der Waals surface area contributed by atoms with E-state index in [1.54, 1.807) is 23.4 Å². The summed E-state index contributed by atoms with van der Waals surface area (Å²) < 4.78 is 27.8. The second-order valence-corrected chi connectivity index (χ2v) is 8.87. The Morgan fingerprint density at radius 1 is 1.00 bits per heavy atom. The monoisotopic (exact) mass is 386 g/mol. The van der Waals surface area contributed by atoms with Crippen LogP contribution in [0.15, 0.2) is 53.4 Å². The molecule has 1 amide bonds. The van der Waals surface area contributed by atoms with Crippen molar-refractivity contribution in [3.8, 4) is 0 Å². The Bertz CT molecular complexity index is 887. The van der Waals surface area contributed by atoms with Gasteiger partial charge >= 0.3 is 0 Å². The minimum atomic E-state index is -3.59. The van der Waals surface area contributed by atoms with Gasteiger partial charge in [-0.2, -0.15) is 4.31 Å². The fourth-order valence-corrected chi connectivity index (χ4v) is 5.09. The van der Waals surface area contributed by atoms with Crippen molar-refractivity contribution in [2.45, 2.75) is 44.0 Å². The molecule has 6 heteroatoms. The molecule has 3 rings (SSSR count). The molecule has 27 heavy (non-hydrogen) atoms. The van der Waals surface area contributed by atoms with Crippen LogP contribution in [-0.2, 0) is 16.6 Å². The van der Waals surface area contributed by atoms with Crippen molar-refractivity contribution in [3.05, 3.63) is 65.2 Å². The van der Waals surface area contributed by atoms with Crippen LogP contribution in [0.25, 0.3) is 0 Å². The maximum atomic E-state index is 13.1. The average molecular weight is 387 g/mol. The van der Waals surface area contributed by atoms with Crippen LogP contribution < -0.4 is 5.32 Å². The molecule has 1 aliphatic rings. The summed E-state index contributed by atoms with van der Waals surface area (Å²) in [4.78, 5) is 12.8. The Labute approximate surface area is 161 Å². The van der Waals surface area contributed by atoms with Gasteiger partial charge in [0.15, 0.2) is 0 Å². The highest BCUT2D eigenvalue weighted by Crippen LogP contribution is 2.24. The topological polar surface area (TPSA) is 66.5 Å². The molecule has 5 nitrogen and oxygen atoms in total. The number of amides is 1. The molecule has 1 aliphatic heterocycles. The van der Waals surface area contributed by atoms with Gasteiger partial charge in [-0.05, 0) is 43.0 Å². The number of carbonyl (C=O) groups excluding carboxylic acids is 1. The number of benzene rings is 2. The van der Waals surface area contributed by atoms with E-state index in [2.05, 4.69) is 5.32 Å². The first-order chi connectivity index (χ1) is 13.0. The first-order valence-electron chi connectivity index (χ1n) is 9.41. The van der Waals surface area contributed by atoms with E-state index in [9.17, 15) is 13.2 Å². The molecule has 0 spiro atoms. The van der Waals surface area contributed by atoms with Crippen molar-refractivity contribution in [3.63, 3.8) is 0 Å². The number of nitrogens with one attached hydrogen (secondary N) is 1. The van der Waals surface area contributed by atoms with E-state index >= 15 is 0 Å². The molecule has 0 aromatic heterocycles. The Morgan fingerprint density at radius 2 is 1.67 bits per heavy atom. The third-order valence-electron chi connectivity index (χ3n) is 4.93. The SMILES string of the molecule is Cc1ccc(C(=O)NCc2ccccc2)cc1S(=O)(=O)N1CCCCCC1. The summed E-state index contributed by atoms with van der Waals surface area (Å²) in [5, 5.41) is 2.86. The molecule has 1 heterocycles. The van der Waals surface area contributed by atoms with Crippen molar-refractivity contribution in [1.29, 1.82) is 0 Å². The molecular formula is C21H26N2O3S. The molecule has 0 aliphatic carbocycles. The Hall–Kier alpha value is -2.18. The van der Waals surface area contributed by atoms with E-state index in [0.29, 0.717) is 30.8 Å². The molecular weight excluding hydrogens is 360 g/mol. The van der Waals surface area contributed by atoms with E-state index in [1.165, 1.54) is 6.07 Å². The van der Waals surface area contributed by atoms with E-state index in [1.807, 2.05) is 30.3 Å². The van der Waals surface area contributed by atoms with Gasteiger partial charge in [-0.15, -0.1) is 0 Å². The van der Waals surface area contributed by atoms with Gasteiger partial charge in [0.2, 0.25) is 10.0 Å². The lowest BCUT2D eigenvalue weighted by atomic mass is 10.1. The van der Waals surface area contributed by atoms with Crippen LogP contribution in [0.2, 0.25) is 0 Å². The van der Waals surface area contributed by atoms with Gasteiger partial charge in [-0.25, -0.2) is 8.42 Å². The highest BCUT2D eigenvalue weighted by atomic mass is 32.2. The minimum Gasteiger partial charge on any atom is -0.348 e. The molecule has 0 atom stereocenters. The van der Waals surface area contributed by atoms with Crippen molar-refractivity contribution in [2.24, 2.45) is 0 Å². The van der Waals surface area contributed by atoms with Gasteiger partial charge in [0.25, 0.3) is 5.91 Å². The fourth-order valence-electron chi connectivity index (χ4n) is 3.32. The van der Waals surface area contributed by atoms with Gasteiger partial charge in [-0.1, -0.05) is 49.2 Å². The number of rotatable bonds is 5. The quantitative estimate of drug-likeness (QED) is 0.855. The lowest BCUT2D eigenvalue weighted by Crippen LogP contribution is -2.32. The molecule has 0 radical (unpaired) electrons. The van der Waals surface area contributed by atoms with Crippen LogP contribution in [0.4, 0.5) is 0 Å². The van der Waals surface area contributed by atoms with Gasteiger partial charge in [-0.3, -0.25) is 4.79 Å². The van der Waals surface area contributed by atoms with Crippen molar-refractivity contribution in [2.75, 3.05) is 13.1 Å². The summed E-state index contributed by atoms with van der Waals surface area (Å²) in [7, 11) is -3.59. The maximum Gasteiger partial charge on any atom is 0.251 e. The largest absolute Gasteiger partial charge is 0.348 e. The first kappa shape index (κ1) is 19.6. The molecule has 2 aromatic carbocycles. The molecule has 1 fully saturated rings. The number of aryl methyl sites for hydroxylation is 1. The van der Waals surface area contributed by atoms with E-state index < -0.39 is 10.0 Å². The van der Waals surface area contributed by atoms with Crippen LogP contribution in [-0.4, -0.2) is 31.7 Å². The van der Waals surface area contributed by atoms with Gasteiger partial charge < -0.3 is 5.32 Å². The summed E-state index contributed by atoms with van der Waals surface area (Å²) in [6.07, 6.45) is 3.89. The van der Waals surface area contributed by atoms with E-state index in [0.717, 1.165) is 31.2 Å². The Morgan fingerprint density at radius 3 is 2.33 bits per heavy atom. The lowest BCUT2D eigenvalue weighted by Gasteiger charge is -2.21. The standard InChI is InChI=1S/C21H26N2O3S/c1-17-11-12-19(21(24)22-16-18-9-5-4-6-10-18)15-20(17)27(25,26)23-13-7-2-3-8-14-23/h4-6,9-12,15H,2-3,7-8,13-14,16H2,1H3,(H,22,24). The van der Waals surface area contributed by atoms with Gasteiger partial charge in [0, 0.05) is 25.2 Å². The minimum absolute atomic E-state index is 0.233. The summed E-state index contributed by atoms with van der Waals surface area (Å²) >= 11 is 0. The van der Waals surface area contributed by atoms with Gasteiger partial charge in [0.1, 0.15) is 0 Å². The molecule has 2 aromatic rings.